The summed E-state index contributed by atoms with van der Waals surface area (Å²) in [5.41, 5.74) is 27.6. The van der Waals surface area contributed by atoms with Crippen molar-refractivity contribution in [1.29, 1.82) is 0 Å². The first-order valence-electron chi connectivity index (χ1n) is 29.2. The van der Waals surface area contributed by atoms with E-state index in [0.717, 1.165) is 11.4 Å². The van der Waals surface area contributed by atoms with E-state index in [1.165, 1.54) is 112 Å². The van der Waals surface area contributed by atoms with Gasteiger partial charge in [-0.1, -0.05) is 223 Å². The number of benzene rings is 8. The molecule has 79 heavy (non-hydrogen) atoms. The Bertz CT molecular complexity index is 3620. The van der Waals surface area contributed by atoms with Crippen LogP contribution in [-0.4, -0.2) is 6.71 Å². The van der Waals surface area contributed by atoms with Crippen LogP contribution in [0.1, 0.15) is 183 Å². The highest BCUT2D eigenvalue weighted by Crippen LogP contribution is 2.60. The summed E-state index contributed by atoms with van der Waals surface area (Å²) in [6, 6.07) is 62.3. The van der Waals surface area contributed by atoms with Crippen molar-refractivity contribution in [2.24, 2.45) is 0 Å². The number of nitrogens with zero attached hydrogens (tertiary/aromatic N) is 3. The van der Waals surface area contributed by atoms with E-state index in [0.29, 0.717) is 0 Å². The van der Waals surface area contributed by atoms with Crippen LogP contribution in [0.5, 0.6) is 0 Å². The summed E-state index contributed by atoms with van der Waals surface area (Å²) in [7, 11) is 0. The SMILES string of the molecule is CC(C)(C)c1ccc(N(c2ccc(C(C)(C)C)cc2)c2ccc(N3c4ccc(C(C)(C)C)cc4B4c5cc(C(C)(C)C)ccc5N(c5ccc(C(C)(C)C)cc5)c5cc(C(C)(C)C)cc3c54)c3c2C(C)(C)c2ccccc2-3)cc1. The molecule has 0 saturated heterocycles. The van der Waals surface area contributed by atoms with Crippen molar-refractivity contribution in [3.63, 3.8) is 0 Å². The molecule has 4 heteroatoms. The molecule has 2 aliphatic heterocycles. The van der Waals surface area contributed by atoms with Gasteiger partial charge < -0.3 is 14.7 Å². The van der Waals surface area contributed by atoms with Crippen LogP contribution in [0.25, 0.3) is 11.1 Å². The van der Waals surface area contributed by atoms with Gasteiger partial charge in [0.2, 0.25) is 0 Å². The minimum atomic E-state index is -0.353. The van der Waals surface area contributed by atoms with Crippen molar-refractivity contribution >= 4 is 74.3 Å². The van der Waals surface area contributed by atoms with Gasteiger partial charge in [-0.05, 0) is 172 Å². The van der Waals surface area contributed by atoms with Gasteiger partial charge in [0.15, 0.2) is 0 Å². The van der Waals surface area contributed by atoms with Gasteiger partial charge in [-0.3, -0.25) is 0 Å². The minimum Gasteiger partial charge on any atom is -0.311 e. The van der Waals surface area contributed by atoms with Crippen molar-refractivity contribution in [1.82, 2.24) is 0 Å². The van der Waals surface area contributed by atoms with E-state index in [-0.39, 0.29) is 44.6 Å². The summed E-state index contributed by atoms with van der Waals surface area (Å²) in [6.45, 7) is 47.0. The van der Waals surface area contributed by atoms with E-state index < -0.39 is 0 Å². The summed E-state index contributed by atoms with van der Waals surface area (Å²) in [5, 5.41) is 0. The zero-order valence-electron chi connectivity index (χ0n) is 51.4. The Morgan fingerprint density at radius 2 is 0.759 bits per heavy atom. The Hall–Kier alpha value is -6.78. The van der Waals surface area contributed by atoms with E-state index >= 15 is 0 Å². The molecule has 0 bridgehead atoms. The molecule has 0 unspecified atom stereocenters. The molecule has 8 aromatic rings. The zero-order chi connectivity index (χ0) is 56.9. The highest BCUT2D eigenvalue weighted by molar-refractivity contribution is 7.00. The van der Waals surface area contributed by atoms with Crippen LogP contribution in [-0.2, 0) is 37.9 Å². The lowest BCUT2D eigenvalue weighted by Gasteiger charge is -2.46. The standard InChI is InChI=1S/C75H86BN3/c1-69(2,3)47-25-33-53(34-26-47)77(54-35-27-48(28-36-54)70(4,5)6)63-42-41-62(66-56-23-21-22-24-57(56)75(19,20)67(63)66)79-61-40-32-51(73(13,14)15)44-59(61)76-58-43-50(72(10,11)12)31-39-60(58)78(55-37-29-49(30-38-55)71(7,8)9)64-45-52(74(16,17)18)46-65(79)68(64)76/h21-46H,1-20H3. The van der Waals surface area contributed by atoms with Crippen molar-refractivity contribution in [2.75, 3.05) is 14.7 Å². The van der Waals surface area contributed by atoms with Gasteiger partial charge >= 0.3 is 0 Å². The number of rotatable bonds is 5. The zero-order valence-corrected chi connectivity index (χ0v) is 51.4. The quantitative estimate of drug-likeness (QED) is 0.159. The van der Waals surface area contributed by atoms with Crippen molar-refractivity contribution in [3.8, 4) is 11.1 Å². The molecule has 2 heterocycles. The molecular formula is C75H86BN3. The van der Waals surface area contributed by atoms with Crippen molar-refractivity contribution < 1.29 is 0 Å². The third kappa shape index (κ3) is 9.14. The molecule has 11 rings (SSSR count). The van der Waals surface area contributed by atoms with Gasteiger partial charge in [0.05, 0.1) is 11.4 Å². The van der Waals surface area contributed by atoms with Gasteiger partial charge in [-0.25, -0.2) is 0 Å². The molecule has 0 radical (unpaired) electrons. The number of anilines is 9. The maximum Gasteiger partial charge on any atom is 0.252 e. The van der Waals surface area contributed by atoms with Crippen LogP contribution in [0.4, 0.5) is 51.2 Å². The average molecular weight is 1040 g/mol. The molecule has 0 atom stereocenters. The summed E-state index contributed by atoms with van der Waals surface area (Å²) in [4.78, 5) is 7.85. The molecule has 0 fully saturated rings. The third-order valence-corrected chi connectivity index (χ3v) is 17.8. The maximum atomic E-state index is 2.70. The summed E-state index contributed by atoms with van der Waals surface area (Å²) in [5.74, 6) is 0. The van der Waals surface area contributed by atoms with Crippen LogP contribution in [0.2, 0.25) is 0 Å². The van der Waals surface area contributed by atoms with Crippen LogP contribution in [0.3, 0.4) is 0 Å². The second-order valence-electron chi connectivity index (χ2n) is 30.1. The first kappa shape index (κ1) is 54.2. The fourth-order valence-electron chi connectivity index (χ4n) is 12.9. The monoisotopic (exact) mass is 1040 g/mol. The molecule has 0 amide bonds. The Kier molecular flexibility index (Phi) is 12.4. The highest BCUT2D eigenvalue weighted by atomic mass is 15.2. The van der Waals surface area contributed by atoms with Crippen LogP contribution >= 0.6 is 0 Å². The molecule has 0 saturated carbocycles. The fraction of sp³-hybridized carbons (Fsp3) is 0.360. The van der Waals surface area contributed by atoms with Crippen LogP contribution in [0, 0.1) is 0 Å². The molecule has 3 nitrogen and oxygen atoms in total. The van der Waals surface area contributed by atoms with Gasteiger partial charge in [0.25, 0.3) is 6.71 Å². The Balaban J connectivity index is 1.26. The van der Waals surface area contributed by atoms with E-state index in [2.05, 4.69) is 311 Å². The first-order valence-corrected chi connectivity index (χ1v) is 29.2. The van der Waals surface area contributed by atoms with Gasteiger partial charge in [-0.2, -0.15) is 0 Å². The topological polar surface area (TPSA) is 9.72 Å². The van der Waals surface area contributed by atoms with Crippen molar-refractivity contribution in [3.05, 3.63) is 202 Å². The summed E-state index contributed by atoms with van der Waals surface area (Å²) < 4.78 is 0. The van der Waals surface area contributed by atoms with Gasteiger partial charge in [-0.15, -0.1) is 0 Å². The molecule has 8 aromatic carbocycles. The van der Waals surface area contributed by atoms with E-state index in [1.54, 1.807) is 0 Å². The first-order chi connectivity index (χ1) is 36.7. The normalized spacial score (nSPS) is 14.9. The van der Waals surface area contributed by atoms with Crippen LogP contribution in [0.15, 0.2) is 158 Å². The summed E-state index contributed by atoms with van der Waals surface area (Å²) >= 11 is 0. The molecule has 3 aliphatic rings. The Morgan fingerprint density at radius 3 is 1.22 bits per heavy atom. The van der Waals surface area contributed by atoms with E-state index in [9.17, 15) is 0 Å². The molecular weight excluding hydrogens is 954 g/mol. The average Bonchev–Trinajstić information content (AvgIpc) is 3.37. The highest BCUT2D eigenvalue weighted by Gasteiger charge is 2.48. The third-order valence-electron chi connectivity index (χ3n) is 17.8. The predicted molar refractivity (Wildman–Crippen MR) is 345 cm³/mol. The molecule has 0 aromatic heterocycles. The van der Waals surface area contributed by atoms with Crippen LogP contribution < -0.4 is 31.1 Å². The number of hydrogen-bond donors (Lipinski definition) is 0. The largest absolute Gasteiger partial charge is 0.311 e. The number of fused-ring (bicyclic) bond motifs is 7. The minimum absolute atomic E-state index is 0.0198. The Labute approximate surface area is 476 Å². The molecule has 1 aliphatic carbocycles. The number of hydrogen-bond acceptors (Lipinski definition) is 3. The second-order valence-corrected chi connectivity index (χ2v) is 30.1. The van der Waals surface area contributed by atoms with E-state index in [1.807, 2.05) is 0 Å². The van der Waals surface area contributed by atoms with E-state index in [4.69, 9.17) is 0 Å². The molecule has 0 N–H and O–H groups in total. The lowest BCUT2D eigenvalue weighted by atomic mass is 9.33. The maximum absolute atomic E-state index is 2.70. The molecule has 404 valence electrons. The van der Waals surface area contributed by atoms with Gasteiger partial charge in [0, 0.05) is 50.8 Å². The predicted octanol–water partition coefficient (Wildman–Crippen LogP) is 19.3. The second kappa shape index (κ2) is 18.1. The van der Waals surface area contributed by atoms with Gasteiger partial charge in [0.1, 0.15) is 0 Å². The van der Waals surface area contributed by atoms with Crippen molar-refractivity contribution in [2.45, 2.75) is 176 Å². The lowest BCUT2D eigenvalue weighted by molar-refractivity contribution is 0.589. The fourth-order valence-corrected chi connectivity index (χ4v) is 12.9. The smallest absolute Gasteiger partial charge is 0.252 e. The molecule has 0 spiro atoms. The lowest BCUT2D eigenvalue weighted by Crippen LogP contribution is -2.62. The summed E-state index contributed by atoms with van der Waals surface area (Å²) in [6.07, 6.45) is 0. The Morgan fingerprint density at radius 1 is 0.367 bits per heavy atom.